The van der Waals surface area contributed by atoms with Crippen molar-refractivity contribution in [3.05, 3.63) is 143 Å². The van der Waals surface area contributed by atoms with Crippen LogP contribution in [0.2, 0.25) is 5.02 Å². The smallest absolute Gasteiger partial charge is 0.0544 e. The third kappa shape index (κ3) is 9.02. The van der Waals surface area contributed by atoms with Crippen molar-refractivity contribution in [2.24, 2.45) is 0 Å². The Morgan fingerprint density at radius 2 is 1.38 bits per heavy atom. The Morgan fingerprint density at radius 1 is 0.775 bits per heavy atom. The molecule has 0 heterocycles. The maximum absolute atomic E-state index is 6.41. The highest BCUT2D eigenvalue weighted by Gasteiger charge is 2.15. The fourth-order valence-corrected chi connectivity index (χ4v) is 6.49. The highest BCUT2D eigenvalue weighted by atomic mass is 35.5. The van der Waals surface area contributed by atoms with Crippen LogP contribution >= 0.6 is 21.0 Å². The van der Waals surface area contributed by atoms with E-state index in [-0.39, 0.29) is 6.04 Å². The van der Waals surface area contributed by atoms with Gasteiger partial charge in [0.25, 0.3) is 0 Å². The number of hydrogen-bond donors (Lipinski definition) is 2. The lowest BCUT2D eigenvalue weighted by Gasteiger charge is -2.26. The van der Waals surface area contributed by atoms with Crippen molar-refractivity contribution in [2.75, 3.05) is 5.32 Å². The zero-order valence-electron chi connectivity index (χ0n) is 24.1. The number of nitrogens with one attached hydrogen (secondary N) is 2. The zero-order chi connectivity index (χ0) is 29.3. The third-order valence-corrected chi connectivity index (χ3v) is 8.96. The van der Waals surface area contributed by atoms with E-state index in [2.05, 4.69) is 91.2 Å². The topological polar surface area (TPSA) is 24.1 Å². The van der Waals surface area contributed by atoms with Gasteiger partial charge in [0.1, 0.15) is 0 Å². The summed E-state index contributed by atoms with van der Waals surface area (Å²) in [6.07, 6.45) is 0.826. The molecule has 0 bridgehead atoms. The highest BCUT2D eigenvalue weighted by molar-refractivity contribution is 8.26. The predicted molar refractivity (Wildman–Crippen MR) is 183 cm³/mol. The number of aryl methyl sites for hydroxylation is 2. The van der Waals surface area contributed by atoms with Crippen LogP contribution in [0.3, 0.4) is 0 Å². The monoisotopic (exact) mass is 568 g/mol. The van der Waals surface area contributed by atoms with Gasteiger partial charge in [-0.2, -0.15) is 0 Å². The first-order chi connectivity index (χ1) is 19.0. The second-order valence-electron chi connectivity index (χ2n) is 10.3. The first-order valence-corrected chi connectivity index (χ1v) is 15.6. The number of anilines is 1. The lowest BCUT2D eigenvalue weighted by Crippen LogP contribution is -2.29. The fraction of sp³-hybridized carbons (Fsp3) is 0.167. The van der Waals surface area contributed by atoms with Crippen molar-refractivity contribution >= 4 is 38.4 Å². The molecule has 0 fully saturated rings. The second-order valence-corrected chi connectivity index (χ2v) is 13.2. The van der Waals surface area contributed by atoms with Crippen molar-refractivity contribution in [3.63, 3.8) is 0 Å². The van der Waals surface area contributed by atoms with Gasteiger partial charge in [0.2, 0.25) is 0 Å². The number of allylic oxidation sites excluding steroid dienone is 1. The molecule has 1 atom stereocenters. The van der Waals surface area contributed by atoms with E-state index in [0.717, 1.165) is 28.3 Å². The zero-order valence-corrected chi connectivity index (χ0v) is 25.7. The van der Waals surface area contributed by atoms with Gasteiger partial charge < -0.3 is 5.32 Å². The molecule has 2 nitrogen and oxygen atoms in total. The summed E-state index contributed by atoms with van der Waals surface area (Å²) in [5.41, 5.74) is 9.47. The Morgan fingerprint density at radius 3 is 1.95 bits per heavy atom. The van der Waals surface area contributed by atoms with Crippen LogP contribution in [0.5, 0.6) is 0 Å². The van der Waals surface area contributed by atoms with E-state index < -0.39 is 9.39 Å². The Labute approximate surface area is 247 Å². The van der Waals surface area contributed by atoms with Crippen molar-refractivity contribution in [2.45, 2.75) is 45.1 Å². The van der Waals surface area contributed by atoms with Gasteiger partial charge in [-0.05, 0) is 86.2 Å². The predicted octanol–water partition coefficient (Wildman–Crippen LogP) is 9.98. The van der Waals surface area contributed by atoms with Crippen LogP contribution in [0.4, 0.5) is 5.69 Å². The van der Waals surface area contributed by atoms with Crippen LogP contribution in [-0.4, -0.2) is 17.8 Å². The van der Waals surface area contributed by atoms with Gasteiger partial charge in [-0.25, -0.2) is 0 Å². The van der Waals surface area contributed by atoms with Crippen molar-refractivity contribution < 1.29 is 0 Å². The van der Waals surface area contributed by atoms with Gasteiger partial charge in [0.15, 0.2) is 0 Å². The van der Waals surface area contributed by atoms with E-state index in [1.807, 2.05) is 68.4 Å². The SMILES string of the molecule is C=C(C)C(Cc1ccc(-c2ccc(C)c(C)c2)cc1)NS(=C)(=C)c1ccccc1Cl.C=C(C)Nc1ccccc1. The van der Waals surface area contributed by atoms with Gasteiger partial charge in [-0.15, -0.1) is 9.39 Å². The first-order valence-electron chi connectivity index (χ1n) is 13.3. The molecule has 0 aliphatic carbocycles. The Hall–Kier alpha value is -3.50. The van der Waals surface area contributed by atoms with Crippen molar-refractivity contribution in [1.82, 2.24) is 4.72 Å². The minimum Gasteiger partial charge on any atom is -0.360 e. The molecule has 0 amide bonds. The van der Waals surface area contributed by atoms with E-state index in [9.17, 15) is 0 Å². The van der Waals surface area contributed by atoms with E-state index >= 15 is 0 Å². The van der Waals surface area contributed by atoms with Gasteiger partial charge in [0, 0.05) is 22.3 Å². The Bertz CT molecular complexity index is 1550. The molecule has 4 aromatic rings. The summed E-state index contributed by atoms with van der Waals surface area (Å²) in [4.78, 5) is 0.961. The number of halogens is 1. The maximum atomic E-state index is 6.41. The summed E-state index contributed by atoms with van der Waals surface area (Å²) in [6, 6.07) is 33.2. The molecule has 0 spiro atoms. The lowest BCUT2D eigenvalue weighted by molar-refractivity contribution is 0.716. The first kappa shape index (κ1) is 31.0. The Kier molecular flexibility index (Phi) is 11.0. The summed E-state index contributed by atoms with van der Waals surface area (Å²) in [7, 11) is -1.76. The minimum atomic E-state index is -1.76. The molecule has 0 aliphatic rings. The third-order valence-electron chi connectivity index (χ3n) is 6.59. The maximum Gasteiger partial charge on any atom is 0.0544 e. The molecule has 4 aromatic carbocycles. The van der Waals surface area contributed by atoms with E-state index in [1.165, 1.54) is 27.8 Å². The molecule has 208 valence electrons. The number of hydrogen-bond acceptors (Lipinski definition) is 2. The largest absolute Gasteiger partial charge is 0.360 e. The van der Waals surface area contributed by atoms with Crippen molar-refractivity contribution in [3.8, 4) is 11.1 Å². The van der Waals surface area contributed by atoms with Crippen LogP contribution in [-0.2, 0) is 6.42 Å². The van der Waals surface area contributed by atoms with Crippen LogP contribution in [0.15, 0.2) is 126 Å². The molecule has 2 N–H and O–H groups in total. The summed E-state index contributed by atoms with van der Waals surface area (Å²) in [6.45, 7) is 16.2. The van der Waals surface area contributed by atoms with E-state index in [1.54, 1.807) is 0 Å². The normalized spacial score (nSPS) is 11.6. The molecule has 0 saturated carbocycles. The summed E-state index contributed by atoms with van der Waals surface area (Å²) in [5, 5.41) is 3.81. The van der Waals surface area contributed by atoms with Crippen LogP contribution in [0.1, 0.15) is 30.5 Å². The quantitative estimate of drug-likeness (QED) is 0.155. The highest BCUT2D eigenvalue weighted by Crippen LogP contribution is 2.35. The molecular weight excluding hydrogens is 528 g/mol. The van der Waals surface area contributed by atoms with Crippen molar-refractivity contribution in [1.29, 1.82) is 0 Å². The van der Waals surface area contributed by atoms with Gasteiger partial charge >= 0.3 is 0 Å². The summed E-state index contributed by atoms with van der Waals surface area (Å²) in [5.74, 6) is 8.74. The van der Waals surface area contributed by atoms with E-state index in [0.29, 0.717) is 5.02 Å². The second kappa shape index (κ2) is 14.2. The average Bonchev–Trinajstić information content (AvgIpc) is 2.91. The number of rotatable bonds is 9. The number of para-hydroxylation sites is 1. The Balaban J connectivity index is 0.000000371. The molecule has 0 saturated heterocycles. The molecule has 4 rings (SSSR count). The number of benzene rings is 4. The standard InChI is InChI=1S/C27H30ClNS.C9H11N/c1-19(2)26(29-30(5,6)27-10-8-7-9-25(27)28)18-22-12-15-23(16-13-22)24-14-11-20(3)21(4)17-24;1-8(2)10-9-6-4-3-5-7-9/h7-17,26,29H,1,5-6,18H2,2-4H3;3-7,10H,1H2,2H3. The minimum absolute atomic E-state index is 0.0683. The van der Waals surface area contributed by atoms with Gasteiger partial charge in [-0.3, -0.25) is 4.72 Å². The van der Waals surface area contributed by atoms with Gasteiger partial charge in [0.05, 0.1) is 5.02 Å². The summed E-state index contributed by atoms with van der Waals surface area (Å²) < 4.78 is 3.64. The molecule has 0 radical (unpaired) electrons. The van der Waals surface area contributed by atoms with Gasteiger partial charge in [-0.1, -0.05) is 115 Å². The molecule has 1 unspecified atom stereocenters. The lowest BCUT2D eigenvalue weighted by atomic mass is 9.97. The molecule has 0 aromatic heterocycles. The molecule has 4 heteroatoms. The van der Waals surface area contributed by atoms with Crippen LogP contribution in [0, 0.1) is 13.8 Å². The fourth-order valence-electron chi connectivity index (χ4n) is 4.17. The van der Waals surface area contributed by atoms with E-state index in [4.69, 9.17) is 11.6 Å². The average molecular weight is 569 g/mol. The molecule has 40 heavy (non-hydrogen) atoms. The molecular formula is C36H41ClN2S. The molecule has 0 aliphatic heterocycles. The van der Waals surface area contributed by atoms with Crippen LogP contribution < -0.4 is 10.0 Å². The summed E-state index contributed by atoms with van der Waals surface area (Å²) >= 11 is 6.41. The van der Waals surface area contributed by atoms with Crippen LogP contribution in [0.25, 0.3) is 11.1 Å².